The van der Waals surface area contributed by atoms with Gasteiger partial charge in [0.1, 0.15) is 12.7 Å². The number of hydrogen-bond donors (Lipinski definition) is 0. The van der Waals surface area contributed by atoms with Crippen molar-refractivity contribution in [2.24, 2.45) is 0 Å². The van der Waals surface area contributed by atoms with Crippen molar-refractivity contribution in [1.29, 1.82) is 5.26 Å². The third-order valence-electron chi connectivity index (χ3n) is 6.01. The highest BCUT2D eigenvalue weighted by atomic mass is 32.2. The Morgan fingerprint density at radius 1 is 1.03 bits per heavy atom. The Kier molecular flexibility index (Phi) is 7.11. The molecule has 1 aliphatic rings. The van der Waals surface area contributed by atoms with E-state index >= 15 is 0 Å². The van der Waals surface area contributed by atoms with Crippen LogP contribution >= 0.6 is 0 Å². The predicted octanol–water partition coefficient (Wildman–Crippen LogP) is 4.05. The summed E-state index contributed by atoms with van der Waals surface area (Å²) in [6, 6.07) is 14.5. The standard InChI is InChI=1S/C25H27N3O4S/c26-17-23-21(18-27-14-6-3-7-24(23)27)19-32-25(29)13-10-20-8-11-22(12-9-20)33(30,31)28-15-4-1-2-5-16-28/h3,6-9,11-12,14,18H,1-2,4-5,10,13,15-16,19H2. The molecular formula is C25H27N3O4S. The smallest absolute Gasteiger partial charge is 0.306 e. The van der Waals surface area contributed by atoms with Gasteiger partial charge in [-0.05, 0) is 49.1 Å². The molecule has 172 valence electrons. The minimum Gasteiger partial charge on any atom is -0.461 e. The average Bonchev–Trinajstić information content (AvgIpc) is 2.98. The van der Waals surface area contributed by atoms with Crippen LogP contribution in [-0.2, 0) is 32.6 Å². The van der Waals surface area contributed by atoms with Gasteiger partial charge < -0.3 is 9.14 Å². The zero-order chi connectivity index (χ0) is 23.3. The van der Waals surface area contributed by atoms with E-state index < -0.39 is 10.0 Å². The number of pyridine rings is 1. The molecule has 7 nitrogen and oxygen atoms in total. The van der Waals surface area contributed by atoms with Gasteiger partial charge in [-0.1, -0.05) is 31.0 Å². The number of hydrogen-bond acceptors (Lipinski definition) is 5. The third kappa shape index (κ3) is 5.27. The second kappa shape index (κ2) is 10.2. The number of nitrogens with zero attached hydrogens (tertiary/aromatic N) is 3. The van der Waals surface area contributed by atoms with E-state index in [0.717, 1.165) is 36.8 Å². The van der Waals surface area contributed by atoms with E-state index in [1.54, 1.807) is 34.8 Å². The van der Waals surface area contributed by atoms with E-state index in [-0.39, 0.29) is 19.0 Å². The van der Waals surface area contributed by atoms with Crippen LogP contribution in [0.3, 0.4) is 0 Å². The summed E-state index contributed by atoms with van der Waals surface area (Å²) in [5.41, 5.74) is 2.82. The fraction of sp³-hybridized carbons (Fsp3) is 0.360. The lowest BCUT2D eigenvalue weighted by molar-refractivity contribution is -0.144. The van der Waals surface area contributed by atoms with Crippen molar-refractivity contribution in [1.82, 2.24) is 8.71 Å². The molecule has 2 aromatic heterocycles. The van der Waals surface area contributed by atoms with Crippen molar-refractivity contribution in [2.45, 2.75) is 50.0 Å². The topological polar surface area (TPSA) is 91.9 Å². The molecule has 4 rings (SSSR count). The molecule has 0 radical (unpaired) electrons. The molecule has 3 aromatic rings. The Labute approximate surface area is 194 Å². The van der Waals surface area contributed by atoms with Crippen LogP contribution in [0.4, 0.5) is 0 Å². The van der Waals surface area contributed by atoms with Crippen LogP contribution < -0.4 is 0 Å². The number of sulfonamides is 1. The summed E-state index contributed by atoms with van der Waals surface area (Å²) in [4.78, 5) is 12.5. The average molecular weight is 466 g/mol. The SMILES string of the molecule is N#Cc1c(COC(=O)CCc2ccc(S(=O)(=O)N3CCCCCC3)cc2)cn2ccccc12. The van der Waals surface area contributed by atoms with Crippen LogP contribution in [-0.4, -0.2) is 36.2 Å². The predicted molar refractivity (Wildman–Crippen MR) is 124 cm³/mol. The van der Waals surface area contributed by atoms with Crippen molar-refractivity contribution in [3.05, 3.63) is 71.5 Å². The number of carbonyl (C=O) groups excluding carboxylic acids is 1. The first-order valence-electron chi connectivity index (χ1n) is 11.2. The zero-order valence-electron chi connectivity index (χ0n) is 18.4. The molecule has 0 amide bonds. The van der Waals surface area contributed by atoms with Crippen molar-refractivity contribution in [3.8, 4) is 6.07 Å². The first-order valence-corrected chi connectivity index (χ1v) is 12.7. The van der Waals surface area contributed by atoms with Crippen LogP contribution in [0.15, 0.2) is 59.8 Å². The Morgan fingerprint density at radius 3 is 2.45 bits per heavy atom. The number of esters is 1. The second-order valence-electron chi connectivity index (χ2n) is 8.26. The molecule has 1 aliphatic heterocycles. The number of nitriles is 1. The van der Waals surface area contributed by atoms with Crippen molar-refractivity contribution >= 4 is 21.5 Å². The van der Waals surface area contributed by atoms with E-state index in [9.17, 15) is 18.5 Å². The zero-order valence-corrected chi connectivity index (χ0v) is 19.3. The van der Waals surface area contributed by atoms with Crippen LogP contribution in [0, 0.1) is 11.3 Å². The first-order chi connectivity index (χ1) is 16.0. The summed E-state index contributed by atoms with van der Waals surface area (Å²) in [7, 11) is -3.48. The van der Waals surface area contributed by atoms with Gasteiger partial charge in [-0.15, -0.1) is 0 Å². The fourth-order valence-electron chi connectivity index (χ4n) is 4.15. The molecule has 0 unspecified atom stereocenters. The van der Waals surface area contributed by atoms with Gasteiger partial charge >= 0.3 is 5.97 Å². The van der Waals surface area contributed by atoms with Gasteiger partial charge in [0.25, 0.3) is 0 Å². The number of ether oxygens (including phenoxy) is 1. The monoisotopic (exact) mass is 465 g/mol. The van der Waals surface area contributed by atoms with Crippen molar-refractivity contribution in [2.75, 3.05) is 13.1 Å². The summed E-state index contributed by atoms with van der Waals surface area (Å²) < 4.78 is 34.6. The molecule has 0 atom stereocenters. The van der Waals surface area contributed by atoms with E-state index in [1.807, 2.05) is 28.8 Å². The highest BCUT2D eigenvalue weighted by molar-refractivity contribution is 7.89. The van der Waals surface area contributed by atoms with Crippen LogP contribution in [0.25, 0.3) is 5.52 Å². The number of rotatable bonds is 7. The van der Waals surface area contributed by atoms with E-state index in [1.165, 1.54) is 0 Å². The maximum absolute atomic E-state index is 12.9. The summed E-state index contributed by atoms with van der Waals surface area (Å²) in [6.07, 6.45) is 8.20. The number of fused-ring (bicyclic) bond motifs is 1. The summed E-state index contributed by atoms with van der Waals surface area (Å²) in [5.74, 6) is -0.365. The van der Waals surface area contributed by atoms with Crippen LogP contribution in [0.2, 0.25) is 0 Å². The Bertz CT molecular complexity index is 1270. The van der Waals surface area contributed by atoms with Gasteiger partial charge in [-0.2, -0.15) is 9.57 Å². The molecule has 1 fully saturated rings. The van der Waals surface area contributed by atoms with E-state index in [4.69, 9.17) is 4.74 Å². The van der Waals surface area contributed by atoms with Gasteiger partial charge in [-0.25, -0.2) is 8.42 Å². The first kappa shape index (κ1) is 23.0. The minimum absolute atomic E-state index is 0.0381. The van der Waals surface area contributed by atoms with Gasteiger partial charge in [0, 0.05) is 37.5 Å². The molecule has 3 heterocycles. The number of carbonyl (C=O) groups is 1. The summed E-state index contributed by atoms with van der Waals surface area (Å²) in [6.45, 7) is 1.18. The Morgan fingerprint density at radius 2 is 1.76 bits per heavy atom. The maximum atomic E-state index is 12.9. The molecule has 33 heavy (non-hydrogen) atoms. The van der Waals surface area contributed by atoms with E-state index in [0.29, 0.717) is 35.5 Å². The quantitative estimate of drug-likeness (QED) is 0.491. The molecular weight excluding hydrogens is 438 g/mol. The summed E-state index contributed by atoms with van der Waals surface area (Å²) >= 11 is 0. The normalized spacial score (nSPS) is 15.1. The fourth-order valence-corrected chi connectivity index (χ4v) is 5.67. The lowest BCUT2D eigenvalue weighted by Crippen LogP contribution is -2.31. The van der Waals surface area contributed by atoms with E-state index in [2.05, 4.69) is 6.07 Å². The number of benzene rings is 1. The second-order valence-corrected chi connectivity index (χ2v) is 10.2. The van der Waals surface area contributed by atoms with Crippen molar-refractivity contribution < 1.29 is 17.9 Å². The molecule has 1 aromatic carbocycles. The summed E-state index contributed by atoms with van der Waals surface area (Å²) in [5, 5.41) is 9.45. The largest absolute Gasteiger partial charge is 0.461 e. The minimum atomic E-state index is -3.48. The lowest BCUT2D eigenvalue weighted by Gasteiger charge is -2.20. The Balaban J connectivity index is 1.32. The highest BCUT2D eigenvalue weighted by Crippen LogP contribution is 2.22. The van der Waals surface area contributed by atoms with Gasteiger partial charge in [0.2, 0.25) is 10.0 Å². The molecule has 0 N–H and O–H groups in total. The van der Waals surface area contributed by atoms with Crippen LogP contribution in [0.5, 0.6) is 0 Å². The van der Waals surface area contributed by atoms with Gasteiger partial charge in [0.15, 0.2) is 0 Å². The molecule has 0 spiro atoms. The molecule has 1 saturated heterocycles. The Hall–Kier alpha value is -3.15. The van der Waals surface area contributed by atoms with Gasteiger partial charge in [-0.3, -0.25) is 4.79 Å². The van der Waals surface area contributed by atoms with Crippen LogP contribution in [0.1, 0.15) is 48.8 Å². The molecule has 0 bridgehead atoms. The highest BCUT2D eigenvalue weighted by Gasteiger charge is 2.25. The molecule has 8 heteroatoms. The lowest BCUT2D eigenvalue weighted by atomic mass is 10.1. The molecule has 0 saturated carbocycles. The third-order valence-corrected chi connectivity index (χ3v) is 7.92. The van der Waals surface area contributed by atoms with Gasteiger partial charge in [0.05, 0.1) is 16.0 Å². The number of aryl methyl sites for hydroxylation is 1. The maximum Gasteiger partial charge on any atom is 0.306 e. The van der Waals surface area contributed by atoms with Crippen molar-refractivity contribution in [3.63, 3.8) is 0 Å². The number of aromatic nitrogens is 1. The molecule has 0 aliphatic carbocycles.